The molecule has 0 amide bonds. The lowest BCUT2D eigenvalue weighted by atomic mass is 10.2. The SMILES string of the molecule is Cc1ccc(S(O)(O)O)c([N+](=O)[O-])c1. The standard InChI is InChI=1S/C7H9NO5S/c1-5-2-3-7(14(11,12)13)6(4-5)8(9)10/h2-4,11-13H,1H3. The monoisotopic (exact) mass is 219 g/mol. The van der Waals surface area contributed by atoms with E-state index in [0.29, 0.717) is 5.56 Å². The van der Waals surface area contributed by atoms with Gasteiger partial charge in [-0.1, -0.05) is 6.07 Å². The lowest BCUT2D eigenvalue weighted by molar-refractivity contribution is -0.388. The van der Waals surface area contributed by atoms with Crippen LogP contribution in [-0.4, -0.2) is 18.6 Å². The Kier molecular flexibility index (Phi) is 2.76. The minimum atomic E-state index is -4.04. The molecule has 78 valence electrons. The average Bonchev–Trinajstić information content (AvgIpc) is 2.01. The van der Waals surface area contributed by atoms with Gasteiger partial charge in [0.05, 0.1) is 4.92 Å². The van der Waals surface area contributed by atoms with Gasteiger partial charge in [-0.05, 0) is 18.6 Å². The van der Waals surface area contributed by atoms with Crippen molar-refractivity contribution in [2.24, 2.45) is 0 Å². The Morgan fingerprint density at radius 1 is 1.36 bits per heavy atom. The van der Waals surface area contributed by atoms with Gasteiger partial charge in [-0.25, -0.2) is 0 Å². The molecule has 0 bridgehead atoms. The molecule has 0 saturated carbocycles. The molecular formula is C7H9NO5S. The van der Waals surface area contributed by atoms with Crippen molar-refractivity contribution in [2.45, 2.75) is 11.8 Å². The molecule has 6 nitrogen and oxygen atoms in total. The van der Waals surface area contributed by atoms with Crippen LogP contribution in [0, 0.1) is 17.0 Å². The second-order valence-electron chi connectivity index (χ2n) is 2.75. The Labute approximate surface area is 81.5 Å². The number of rotatable bonds is 2. The second kappa shape index (κ2) is 3.54. The summed E-state index contributed by atoms with van der Waals surface area (Å²) in [6.45, 7) is 1.62. The first-order chi connectivity index (χ1) is 6.32. The molecule has 0 aliphatic carbocycles. The highest BCUT2D eigenvalue weighted by molar-refractivity contribution is 8.19. The number of benzene rings is 1. The van der Waals surface area contributed by atoms with Gasteiger partial charge >= 0.3 is 0 Å². The van der Waals surface area contributed by atoms with Crippen molar-refractivity contribution in [1.29, 1.82) is 0 Å². The van der Waals surface area contributed by atoms with Crippen molar-refractivity contribution in [2.75, 3.05) is 0 Å². The molecular weight excluding hydrogens is 210 g/mol. The normalized spacial score (nSPS) is 12.6. The predicted octanol–water partition coefficient (Wildman–Crippen LogP) is 2.49. The summed E-state index contributed by atoms with van der Waals surface area (Å²) in [4.78, 5) is 9.27. The lowest BCUT2D eigenvalue weighted by Gasteiger charge is -2.18. The van der Waals surface area contributed by atoms with Gasteiger partial charge in [0, 0.05) is 6.07 Å². The van der Waals surface area contributed by atoms with Gasteiger partial charge in [0.25, 0.3) is 5.69 Å². The van der Waals surface area contributed by atoms with E-state index in [4.69, 9.17) is 13.7 Å². The molecule has 1 aromatic carbocycles. The zero-order valence-electron chi connectivity index (χ0n) is 7.25. The van der Waals surface area contributed by atoms with E-state index in [2.05, 4.69) is 0 Å². The van der Waals surface area contributed by atoms with Gasteiger partial charge in [0.2, 0.25) is 0 Å². The average molecular weight is 219 g/mol. The third-order valence-corrected chi connectivity index (χ3v) is 2.54. The Bertz CT molecular complexity index is 373. The molecule has 0 saturated heterocycles. The van der Waals surface area contributed by atoms with Crippen molar-refractivity contribution < 1.29 is 18.6 Å². The Hall–Kier alpha value is -1.15. The number of hydrogen-bond donors (Lipinski definition) is 3. The summed E-state index contributed by atoms with van der Waals surface area (Å²) in [5.74, 6) is 0. The van der Waals surface area contributed by atoms with Crippen LogP contribution in [0.5, 0.6) is 0 Å². The van der Waals surface area contributed by atoms with Crippen molar-refractivity contribution in [1.82, 2.24) is 0 Å². The molecule has 0 fully saturated rings. The highest BCUT2D eigenvalue weighted by Gasteiger charge is 2.26. The molecule has 0 radical (unpaired) electrons. The summed E-state index contributed by atoms with van der Waals surface area (Å²) < 4.78 is 26.7. The van der Waals surface area contributed by atoms with E-state index in [-0.39, 0.29) is 0 Å². The van der Waals surface area contributed by atoms with E-state index in [9.17, 15) is 10.1 Å². The predicted molar refractivity (Wildman–Crippen MR) is 51.6 cm³/mol. The molecule has 1 rings (SSSR count). The van der Waals surface area contributed by atoms with Crippen LogP contribution in [0.15, 0.2) is 23.1 Å². The molecule has 0 aliphatic heterocycles. The molecule has 0 heterocycles. The van der Waals surface area contributed by atoms with Gasteiger partial charge in [-0.15, -0.1) is 0 Å². The molecule has 7 heteroatoms. The Morgan fingerprint density at radius 3 is 2.36 bits per heavy atom. The first kappa shape index (κ1) is 10.9. The molecule has 1 aromatic rings. The summed E-state index contributed by atoms with van der Waals surface area (Å²) in [5.41, 5.74) is 0.108. The Balaban J connectivity index is 3.37. The molecule has 0 spiro atoms. The van der Waals surface area contributed by atoms with E-state index >= 15 is 0 Å². The first-order valence-electron chi connectivity index (χ1n) is 3.58. The minimum absolute atomic E-state index is 0.465. The zero-order chi connectivity index (χ0) is 10.9. The van der Waals surface area contributed by atoms with Gasteiger partial charge < -0.3 is 13.7 Å². The first-order valence-corrected chi connectivity index (χ1v) is 5.08. The lowest BCUT2D eigenvalue weighted by Crippen LogP contribution is -2.01. The minimum Gasteiger partial charge on any atom is -0.304 e. The molecule has 14 heavy (non-hydrogen) atoms. The van der Waals surface area contributed by atoms with Crippen LogP contribution < -0.4 is 0 Å². The van der Waals surface area contributed by atoms with E-state index in [0.717, 1.165) is 6.07 Å². The number of nitrogens with zero attached hydrogens (tertiary/aromatic N) is 1. The number of nitro groups is 1. The van der Waals surface area contributed by atoms with Crippen LogP contribution in [0.4, 0.5) is 5.69 Å². The molecule has 0 unspecified atom stereocenters. The summed E-state index contributed by atoms with van der Waals surface area (Å²) >= 11 is 0. The number of hydrogen-bond acceptors (Lipinski definition) is 5. The summed E-state index contributed by atoms with van der Waals surface area (Å²) in [6.07, 6.45) is 0. The highest BCUT2D eigenvalue weighted by Crippen LogP contribution is 2.48. The topological polar surface area (TPSA) is 104 Å². The Morgan fingerprint density at radius 2 is 1.93 bits per heavy atom. The van der Waals surface area contributed by atoms with E-state index in [1.165, 1.54) is 12.1 Å². The van der Waals surface area contributed by atoms with E-state index in [1.807, 2.05) is 0 Å². The third kappa shape index (κ3) is 2.20. The number of aryl methyl sites for hydroxylation is 1. The summed E-state index contributed by atoms with van der Waals surface area (Å²) in [5, 5.41) is 10.5. The fraction of sp³-hybridized carbons (Fsp3) is 0.143. The highest BCUT2D eigenvalue weighted by atomic mass is 32.3. The van der Waals surface area contributed by atoms with Gasteiger partial charge in [-0.3, -0.25) is 10.1 Å². The van der Waals surface area contributed by atoms with E-state index < -0.39 is 26.4 Å². The zero-order valence-corrected chi connectivity index (χ0v) is 8.06. The van der Waals surface area contributed by atoms with Crippen LogP contribution in [-0.2, 0) is 0 Å². The maximum Gasteiger partial charge on any atom is 0.288 e. The van der Waals surface area contributed by atoms with Crippen LogP contribution in [0.3, 0.4) is 0 Å². The summed E-state index contributed by atoms with van der Waals surface area (Å²) in [6, 6.07) is 3.75. The van der Waals surface area contributed by atoms with Crippen LogP contribution >= 0.6 is 10.9 Å². The molecule has 0 aromatic heterocycles. The van der Waals surface area contributed by atoms with Crippen molar-refractivity contribution in [3.63, 3.8) is 0 Å². The van der Waals surface area contributed by atoms with E-state index in [1.54, 1.807) is 6.92 Å². The van der Waals surface area contributed by atoms with Crippen molar-refractivity contribution >= 4 is 16.6 Å². The molecule has 0 atom stereocenters. The van der Waals surface area contributed by atoms with Crippen molar-refractivity contribution in [3.05, 3.63) is 33.9 Å². The van der Waals surface area contributed by atoms with Gasteiger partial charge in [-0.2, -0.15) is 0 Å². The smallest absolute Gasteiger partial charge is 0.288 e. The van der Waals surface area contributed by atoms with Crippen LogP contribution in [0.25, 0.3) is 0 Å². The maximum atomic E-state index is 10.5. The fourth-order valence-corrected chi connectivity index (χ4v) is 1.67. The fourth-order valence-electron chi connectivity index (χ4n) is 1.00. The molecule has 3 N–H and O–H groups in total. The summed E-state index contributed by atoms with van der Waals surface area (Å²) in [7, 11) is -4.04. The van der Waals surface area contributed by atoms with Crippen molar-refractivity contribution in [3.8, 4) is 0 Å². The number of nitro benzene ring substituents is 1. The van der Waals surface area contributed by atoms with Gasteiger partial charge in [0.15, 0.2) is 0 Å². The largest absolute Gasteiger partial charge is 0.304 e. The van der Waals surface area contributed by atoms with Gasteiger partial charge in [0.1, 0.15) is 15.8 Å². The van der Waals surface area contributed by atoms with Crippen LogP contribution in [0.2, 0.25) is 0 Å². The van der Waals surface area contributed by atoms with Crippen LogP contribution in [0.1, 0.15) is 5.56 Å². The third-order valence-electron chi connectivity index (χ3n) is 1.61. The quantitative estimate of drug-likeness (QED) is 0.523. The maximum absolute atomic E-state index is 10.5. The molecule has 0 aliphatic rings. The second-order valence-corrected chi connectivity index (χ2v) is 4.22.